The maximum Gasteiger partial charge on any atom is 0.414 e. The van der Waals surface area contributed by atoms with Crippen LogP contribution in [0.25, 0.3) is 0 Å². The summed E-state index contributed by atoms with van der Waals surface area (Å²) in [6.07, 6.45) is 1.82. The molecule has 0 fully saturated rings. The van der Waals surface area contributed by atoms with Crippen LogP contribution < -0.4 is 10.2 Å². The van der Waals surface area contributed by atoms with Gasteiger partial charge in [-0.1, -0.05) is 50.6 Å². The number of aromatic nitrogens is 4. The zero-order chi connectivity index (χ0) is 23.6. The van der Waals surface area contributed by atoms with E-state index < -0.39 is 5.60 Å². The van der Waals surface area contributed by atoms with E-state index in [-0.39, 0.29) is 6.09 Å². The van der Waals surface area contributed by atoms with Crippen LogP contribution in [0.4, 0.5) is 10.5 Å². The number of H-pyrrole nitrogens is 1. The van der Waals surface area contributed by atoms with E-state index in [0.717, 1.165) is 17.7 Å². The van der Waals surface area contributed by atoms with E-state index in [0.29, 0.717) is 12.4 Å². The second-order valence-corrected chi connectivity index (χ2v) is 7.09. The fourth-order valence-electron chi connectivity index (χ4n) is 1.98. The first-order valence-electron chi connectivity index (χ1n) is 9.90. The van der Waals surface area contributed by atoms with Crippen LogP contribution in [0.15, 0.2) is 24.3 Å². The normalized spacial score (nSPS) is 9.60. The molecule has 0 spiro atoms. The van der Waals surface area contributed by atoms with Crippen LogP contribution in [0.3, 0.4) is 0 Å². The Morgan fingerprint density at radius 2 is 1.77 bits per heavy atom. The number of hydrogen-bond acceptors (Lipinski definition) is 7. The largest absolute Gasteiger partial charge is 0.443 e. The lowest BCUT2D eigenvalue weighted by Gasteiger charge is -2.25. The molecule has 9 heteroatoms. The van der Waals surface area contributed by atoms with Crippen molar-refractivity contribution in [1.82, 2.24) is 25.9 Å². The Bertz CT molecular complexity index is 672. The number of anilines is 1. The number of para-hydroxylation sites is 1. The van der Waals surface area contributed by atoms with Crippen LogP contribution in [-0.4, -0.2) is 53.2 Å². The lowest BCUT2D eigenvalue weighted by Crippen LogP contribution is -2.34. The van der Waals surface area contributed by atoms with E-state index in [2.05, 4.69) is 46.7 Å². The van der Waals surface area contributed by atoms with Crippen molar-refractivity contribution in [3.05, 3.63) is 35.7 Å². The maximum atomic E-state index is 11.9. The molecule has 2 aromatic rings. The van der Waals surface area contributed by atoms with Crippen LogP contribution in [0, 0.1) is 0 Å². The molecule has 30 heavy (non-hydrogen) atoms. The third-order valence-corrected chi connectivity index (χ3v) is 3.13. The van der Waals surface area contributed by atoms with Gasteiger partial charge in [-0.25, -0.2) is 4.79 Å². The molecule has 170 valence electrons. The molecular weight excluding hydrogens is 384 g/mol. The second kappa shape index (κ2) is 17.1. The van der Waals surface area contributed by atoms with Gasteiger partial charge in [-0.2, -0.15) is 5.21 Å². The molecule has 0 aliphatic heterocycles. The van der Waals surface area contributed by atoms with E-state index in [9.17, 15) is 4.79 Å². The fraction of sp³-hybridized carbons (Fsp3) is 0.571. The Balaban J connectivity index is 0. The quantitative estimate of drug-likeness (QED) is 0.771. The number of carbonyl (C=O) groups is 2. The summed E-state index contributed by atoms with van der Waals surface area (Å²) < 4.78 is 5.34. The first-order valence-corrected chi connectivity index (χ1v) is 9.90. The number of ether oxygens (including phenoxy) is 1. The van der Waals surface area contributed by atoms with Crippen molar-refractivity contribution in [3.63, 3.8) is 0 Å². The lowest BCUT2D eigenvalue weighted by atomic mass is 10.1. The minimum absolute atomic E-state index is 0.321. The van der Waals surface area contributed by atoms with Crippen LogP contribution in [0.1, 0.15) is 59.4 Å². The zero-order valence-electron chi connectivity index (χ0n) is 19.7. The van der Waals surface area contributed by atoms with Gasteiger partial charge in [0.2, 0.25) is 0 Å². The fourth-order valence-corrected chi connectivity index (χ4v) is 1.98. The van der Waals surface area contributed by atoms with Crippen molar-refractivity contribution in [2.75, 3.05) is 19.0 Å². The van der Waals surface area contributed by atoms with Gasteiger partial charge in [0.15, 0.2) is 5.82 Å². The summed E-state index contributed by atoms with van der Waals surface area (Å²) in [6, 6.07) is 7.86. The smallest absolute Gasteiger partial charge is 0.414 e. The number of nitrogens with one attached hydrogen (secondary N) is 2. The van der Waals surface area contributed by atoms with E-state index in [1.807, 2.05) is 58.9 Å². The van der Waals surface area contributed by atoms with Gasteiger partial charge in [-0.3, -0.25) is 4.90 Å². The molecule has 0 atom stereocenters. The Morgan fingerprint density at radius 3 is 2.20 bits per heavy atom. The molecule has 1 heterocycles. The van der Waals surface area contributed by atoms with E-state index in [1.165, 1.54) is 6.42 Å². The van der Waals surface area contributed by atoms with E-state index in [4.69, 9.17) is 9.53 Å². The van der Waals surface area contributed by atoms with Crippen LogP contribution in [0.5, 0.6) is 0 Å². The van der Waals surface area contributed by atoms with Gasteiger partial charge in [0.05, 0.1) is 6.54 Å². The van der Waals surface area contributed by atoms with Gasteiger partial charge in [0.1, 0.15) is 12.4 Å². The van der Waals surface area contributed by atoms with E-state index in [1.54, 1.807) is 11.9 Å². The predicted molar refractivity (Wildman–Crippen MR) is 120 cm³/mol. The number of aryl methyl sites for hydroxylation is 1. The maximum absolute atomic E-state index is 11.9. The molecule has 1 aromatic carbocycles. The molecule has 1 amide bonds. The molecule has 2 N–H and O–H groups in total. The van der Waals surface area contributed by atoms with Crippen molar-refractivity contribution in [1.29, 1.82) is 0 Å². The number of nitrogens with zero attached hydrogens (tertiary/aromatic N) is 4. The van der Waals surface area contributed by atoms with Crippen molar-refractivity contribution in [2.24, 2.45) is 0 Å². The molecule has 2 rings (SSSR count). The number of benzene rings is 1. The summed E-state index contributed by atoms with van der Waals surface area (Å²) in [6.45, 7) is 14.6. The molecule has 0 bridgehead atoms. The van der Waals surface area contributed by atoms with Crippen LogP contribution in [-0.2, 0) is 22.5 Å². The Morgan fingerprint density at radius 1 is 1.20 bits per heavy atom. The van der Waals surface area contributed by atoms with Crippen LogP contribution in [0.2, 0.25) is 0 Å². The molecule has 0 aliphatic carbocycles. The summed E-state index contributed by atoms with van der Waals surface area (Å²) >= 11 is 0. The van der Waals surface area contributed by atoms with Gasteiger partial charge < -0.3 is 14.8 Å². The minimum Gasteiger partial charge on any atom is -0.443 e. The number of aromatic amines is 1. The molecule has 0 saturated carbocycles. The number of hydrogen-bond donors (Lipinski definition) is 2. The SMILES string of the molecule is C=O.CCC.CCc1ccccc1N(C)C(=O)OC(C)(C)C.CNCc1nn[nH]n1. The number of rotatable bonds is 4. The van der Waals surface area contributed by atoms with Gasteiger partial charge >= 0.3 is 6.09 Å². The van der Waals surface area contributed by atoms with E-state index >= 15 is 0 Å². The van der Waals surface area contributed by atoms with Crippen molar-refractivity contribution in [2.45, 2.75) is 66.5 Å². The van der Waals surface area contributed by atoms with Crippen molar-refractivity contribution >= 4 is 18.6 Å². The highest BCUT2D eigenvalue weighted by molar-refractivity contribution is 5.88. The Labute approximate surface area is 180 Å². The number of tetrazole rings is 1. The zero-order valence-corrected chi connectivity index (χ0v) is 19.7. The highest BCUT2D eigenvalue weighted by Crippen LogP contribution is 2.21. The summed E-state index contributed by atoms with van der Waals surface area (Å²) in [7, 11) is 3.57. The Hall–Kier alpha value is -2.81. The highest BCUT2D eigenvalue weighted by atomic mass is 16.6. The summed E-state index contributed by atoms with van der Waals surface area (Å²) in [5.41, 5.74) is 1.58. The van der Waals surface area contributed by atoms with Gasteiger partial charge in [-0.15, -0.1) is 10.2 Å². The van der Waals surface area contributed by atoms with Gasteiger partial charge in [0.25, 0.3) is 0 Å². The molecule has 0 saturated heterocycles. The molecule has 1 aromatic heterocycles. The van der Waals surface area contributed by atoms with Crippen LogP contribution >= 0.6 is 0 Å². The summed E-state index contributed by atoms with van der Waals surface area (Å²) in [5, 5.41) is 16.0. The predicted octanol–water partition coefficient (Wildman–Crippen LogP) is 3.77. The third kappa shape index (κ3) is 13.4. The first kappa shape index (κ1) is 29.4. The first-order chi connectivity index (χ1) is 14.2. The monoisotopic (exact) mass is 422 g/mol. The molecule has 0 radical (unpaired) electrons. The van der Waals surface area contributed by atoms with Gasteiger partial charge in [-0.05, 0) is 45.9 Å². The molecule has 0 unspecified atom stereocenters. The Kier molecular flexibility index (Phi) is 16.7. The minimum atomic E-state index is -0.466. The highest BCUT2D eigenvalue weighted by Gasteiger charge is 2.21. The molecule has 9 nitrogen and oxygen atoms in total. The number of carbonyl (C=O) groups excluding carboxylic acids is 2. The summed E-state index contributed by atoms with van der Waals surface area (Å²) in [5.74, 6) is 0.688. The lowest BCUT2D eigenvalue weighted by molar-refractivity contribution is -0.0980. The average molecular weight is 423 g/mol. The average Bonchev–Trinajstić information content (AvgIpc) is 3.22. The molecule has 0 aliphatic rings. The number of amides is 1. The van der Waals surface area contributed by atoms with Crippen molar-refractivity contribution < 1.29 is 14.3 Å². The summed E-state index contributed by atoms with van der Waals surface area (Å²) in [4.78, 5) is 21.5. The molecular formula is C21H38N6O3. The third-order valence-electron chi connectivity index (χ3n) is 3.13. The van der Waals surface area contributed by atoms with Crippen molar-refractivity contribution in [3.8, 4) is 0 Å². The topological polar surface area (TPSA) is 113 Å². The second-order valence-electron chi connectivity index (χ2n) is 7.09. The van der Waals surface area contributed by atoms with Gasteiger partial charge in [0, 0.05) is 12.7 Å². The standard InChI is InChI=1S/C14H21NO2.C3H7N5.C3H8.CH2O/c1-6-11-9-7-8-10-12(11)15(5)13(16)17-14(2,3)4;1-4-2-3-5-7-8-6-3;1-3-2;1-2/h7-10H,6H2,1-5H3;4H,2H2,1H3,(H,5,6,7,8);3H2,1-2H3;1H2.